The van der Waals surface area contributed by atoms with Crippen molar-refractivity contribution in [3.05, 3.63) is 63.9 Å². The van der Waals surface area contributed by atoms with E-state index in [9.17, 15) is 19.2 Å². The number of halogens is 1. The number of imidazole rings is 1. The fourth-order valence-corrected chi connectivity index (χ4v) is 5.77. The minimum atomic E-state index is -0.622. The Hall–Kier alpha value is -3.92. The molecular weight excluding hydrogens is 532 g/mol. The third-order valence-corrected chi connectivity index (χ3v) is 7.99. The van der Waals surface area contributed by atoms with Gasteiger partial charge in [-0.05, 0) is 81.0 Å². The molecule has 2 fully saturated rings. The van der Waals surface area contributed by atoms with E-state index < -0.39 is 18.0 Å². The molecule has 0 radical (unpaired) electrons. The lowest BCUT2D eigenvalue weighted by molar-refractivity contribution is -0.137. The van der Waals surface area contributed by atoms with Crippen LogP contribution in [0.5, 0.6) is 0 Å². The third-order valence-electron chi connectivity index (χ3n) is 7.76. The highest BCUT2D eigenvalue weighted by Crippen LogP contribution is 2.25. The van der Waals surface area contributed by atoms with E-state index in [1.165, 1.54) is 4.90 Å². The molecular formula is C29H33ClN6O4. The van der Waals surface area contributed by atoms with Crippen molar-refractivity contribution in [2.75, 3.05) is 19.6 Å². The van der Waals surface area contributed by atoms with Gasteiger partial charge in [0.1, 0.15) is 11.9 Å². The number of rotatable bonds is 8. The highest BCUT2D eigenvalue weighted by atomic mass is 35.5. The maximum Gasteiger partial charge on any atom is 0.254 e. The van der Waals surface area contributed by atoms with Crippen molar-refractivity contribution in [2.24, 2.45) is 5.73 Å². The molecule has 2 aliphatic rings. The number of benzene rings is 2. The Balaban J connectivity index is 1.35. The second-order valence-corrected chi connectivity index (χ2v) is 11.0. The third kappa shape index (κ3) is 5.82. The number of primary amides is 1. The van der Waals surface area contributed by atoms with Crippen molar-refractivity contribution < 1.29 is 19.2 Å². The monoisotopic (exact) mass is 564 g/mol. The fourth-order valence-electron chi connectivity index (χ4n) is 5.59. The molecule has 210 valence electrons. The lowest BCUT2D eigenvalue weighted by atomic mass is 10.0. The maximum absolute atomic E-state index is 13.4. The average Bonchev–Trinajstić information content (AvgIpc) is 3.70. The van der Waals surface area contributed by atoms with Crippen LogP contribution < -0.4 is 11.1 Å². The summed E-state index contributed by atoms with van der Waals surface area (Å²) in [5.41, 5.74) is 8.60. The molecule has 4 N–H and O–H groups in total. The standard InChI is InChI=1S/C29H33ClN6O4/c1-17-15-18(6-8-20(17)29(40)35-12-2-3-13-35)28(39)34-22(27-32-21-9-7-19(30)16-23(21)33-27)10-11-25(37)36-14-4-5-24(36)26(31)38/h6-9,15-16,22,24H,2-5,10-14H2,1H3,(H2,31,38)(H,32,33)(H,34,39)/t22-,24?/m1/s1. The van der Waals surface area contributed by atoms with Crippen molar-refractivity contribution in [3.63, 3.8) is 0 Å². The summed E-state index contributed by atoms with van der Waals surface area (Å²) in [5, 5.41) is 3.56. The summed E-state index contributed by atoms with van der Waals surface area (Å²) in [6, 6.07) is 9.10. The predicted molar refractivity (Wildman–Crippen MR) is 151 cm³/mol. The molecule has 40 heavy (non-hydrogen) atoms. The number of carbonyl (C=O) groups excluding carboxylic acids is 4. The van der Waals surface area contributed by atoms with Crippen molar-refractivity contribution in [3.8, 4) is 0 Å². The molecule has 3 heterocycles. The summed E-state index contributed by atoms with van der Waals surface area (Å²) >= 11 is 6.15. The molecule has 0 saturated carbocycles. The van der Waals surface area contributed by atoms with Gasteiger partial charge in [-0.3, -0.25) is 19.2 Å². The number of aryl methyl sites for hydroxylation is 1. The molecule has 2 saturated heterocycles. The van der Waals surface area contributed by atoms with E-state index in [1.54, 1.807) is 36.4 Å². The Labute approximate surface area is 237 Å². The molecule has 5 rings (SSSR count). The zero-order valence-electron chi connectivity index (χ0n) is 22.4. The van der Waals surface area contributed by atoms with Gasteiger partial charge in [0.25, 0.3) is 11.8 Å². The van der Waals surface area contributed by atoms with Gasteiger partial charge in [-0.2, -0.15) is 0 Å². The summed E-state index contributed by atoms with van der Waals surface area (Å²) < 4.78 is 0. The molecule has 2 aromatic carbocycles. The first kappa shape index (κ1) is 27.6. The quantitative estimate of drug-likeness (QED) is 0.384. The van der Waals surface area contributed by atoms with Crippen LogP contribution in [0.25, 0.3) is 11.0 Å². The molecule has 0 aliphatic carbocycles. The summed E-state index contributed by atoms with van der Waals surface area (Å²) in [4.78, 5) is 62.4. The first-order valence-corrected chi connectivity index (χ1v) is 14.0. The van der Waals surface area contributed by atoms with E-state index in [4.69, 9.17) is 17.3 Å². The van der Waals surface area contributed by atoms with Crippen LogP contribution in [0, 0.1) is 6.92 Å². The highest BCUT2D eigenvalue weighted by Gasteiger charge is 2.33. The van der Waals surface area contributed by atoms with Crippen LogP contribution in [0.3, 0.4) is 0 Å². The largest absolute Gasteiger partial charge is 0.368 e. The number of hydrogen-bond donors (Lipinski definition) is 3. The predicted octanol–water partition coefficient (Wildman–Crippen LogP) is 3.49. The van der Waals surface area contributed by atoms with Gasteiger partial charge in [-0.1, -0.05) is 11.6 Å². The molecule has 2 atom stereocenters. The molecule has 0 bridgehead atoms. The molecule has 4 amide bonds. The number of hydrogen-bond acceptors (Lipinski definition) is 5. The van der Waals surface area contributed by atoms with Crippen LogP contribution in [0.2, 0.25) is 5.02 Å². The van der Waals surface area contributed by atoms with Gasteiger partial charge >= 0.3 is 0 Å². The summed E-state index contributed by atoms with van der Waals surface area (Å²) in [5.74, 6) is -0.582. The zero-order valence-corrected chi connectivity index (χ0v) is 23.2. The first-order chi connectivity index (χ1) is 19.2. The van der Waals surface area contributed by atoms with Gasteiger partial charge < -0.3 is 25.8 Å². The van der Waals surface area contributed by atoms with Crippen LogP contribution in [0.4, 0.5) is 0 Å². The summed E-state index contributed by atoms with van der Waals surface area (Å²) in [6.45, 7) is 3.81. The molecule has 0 spiro atoms. The first-order valence-electron chi connectivity index (χ1n) is 13.7. The Morgan fingerprint density at radius 1 is 1.10 bits per heavy atom. The van der Waals surface area contributed by atoms with Gasteiger partial charge in [-0.25, -0.2) is 4.98 Å². The number of aromatic amines is 1. The second-order valence-electron chi connectivity index (χ2n) is 10.5. The van der Waals surface area contributed by atoms with Crippen LogP contribution in [-0.2, 0) is 9.59 Å². The zero-order chi connectivity index (χ0) is 28.4. The molecule has 1 aromatic heterocycles. The number of aromatic nitrogens is 2. The minimum Gasteiger partial charge on any atom is -0.368 e. The minimum absolute atomic E-state index is 0.0181. The number of amides is 4. The van der Waals surface area contributed by atoms with Gasteiger partial charge in [0, 0.05) is 42.2 Å². The van der Waals surface area contributed by atoms with Crippen LogP contribution in [0.15, 0.2) is 36.4 Å². The van der Waals surface area contributed by atoms with Crippen LogP contribution >= 0.6 is 11.6 Å². The van der Waals surface area contributed by atoms with Gasteiger partial charge in [0.15, 0.2) is 0 Å². The number of likely N-dealkylation sites (tertiary alicyclic amines) is 2. The number of H-pyrrole nitrogens is 1. The molecule has 11 heteroatoms. The molecule has 1 unspecified atom stereocenters. The maximum atomic E-state index is 13.4. The van der Waals surface area contributed by atoms with Crippen molar-refractivity contribution in [1.29, 1.82) is 0 Å². The van der Waals surface area contributed by atoms with E-state index in [-0.39, 0.29) is 30.6 Å². The molecule has 2 aliphatic heterocycles. The van der Waals surface area contributed by atoms with Gasteiger partial charge in [-0.15, -0.1) is 0 Å². The van der Waals surface area contributed by atoms with E-state index in [2.05, 4.69) is 15.3 Å². The fraction of sp³-hybridized carbons (Fsp3) is 0.414. The summed E-state index contributed by atoms with van der Waals surface area (Å²) in [7, 11) is 0. The Morgan fingerprint density at radius 2 is 1.88 bits per heavy atom. The van der Waals surface area contributed by atoms with E-state index in [1.807, 2.05) is 11.8 Å². The lowest BCUT2D eigenvalue weighted by Crippen LogP contribution is -2.44. The van der Waals surface area contributed by atoms with E-state index in [0.29, 0.717) is 46.0 Å². The highest BCUT2D eigenvalue weighted by molar-refractivity contribution is 6.31. The summed E-state index contributed by atoms with van der Waals surface area (Å²) in [6.07, 6.45) is 3.63. The molecule has 3 aromatic rings. The van der Waals surface area contributed by atoms with Crippen LogP contribution in [0.1, 0.15) is 76.7 Å². The van der Waals surface area contributed by atoms with Crippen molar-refractivity contribution >= 4 is 46.3 Å². The smallest absolute Gasteiger partial charge is 0.254 e. The number of nitrogens with two attached hydrogens (primary N) is 1. The Bertz CT molecular complexity index is 1460. The SMILES string of the molecule is Cc1cc(C(=O)N[C@H](CCC(=O)N2CCCC2C(N)=O)c2nc3ccc(Cl)cc3[nH]2)ccc1C(=O)N1CCCC1. The normalized spacial score (nSPS) is 17.8. The average molecular weight is 565 g/mol. The van der Waals surface area contributed by atoms with Crippen molar-refractivity contribution in [2.45, 2.75) is 57.5 Å². The number of fused-ring (bicyclic) bond motifs is 1. The molecule has 10 nitrogen and oxygen atoms in total. The lowest BCUT2D eigenvalue weighted by Gasteiger charge is -2.23. The second kappa shape index (κ2) is 11.7. The number of nitrogens with zero attached hydrogens (tertiary/aromatic N) is 3. The number of carbonyl (C=O) groups is 4. The topological polar surface area (TPSA) is 141 Å². The van der Waals surface area contributed by atoms with E-state index >= 15 is 0 Å². The van der Waals surface area contributed by atoms with Crippen LogP contribution in [-0.4, -0.2) is 69.1 Å². The Morgan fingerprint density at radius 3 is 2.60 bits per heavy atom. The van der Waals surface area contributed by atoms with Crippen molar-refractivity contribution in [1.82, 2.24) is 25.1 Å². The number of nitrogens with one attached hydrogen (secondary N) is 2. The Kier molecular flexibility index (Phi) is 8.07. The van der Waals surface area contributed by atoms with Gasteiger partial charge in [0.2, 0.25) is 11.8 Å². The van der Waals surface area contributed by atoms with Gasteiger partial charge in [0.05, 0.1) is 17.1 Å². The van der Waals surface area contributed by atoms with E-state index in [0.717, 1.165) is 37.9 Å².